The van der Waals surface area contributed by atoms with Gasteiger partial charge in [0.2, 0.25) is 0 Å². The third-order valence-electron chi connectivity index (χ3n) is 3.44. The highest BCUT2D eigenvalue weighted by atomic mass is 79.9. The van der Waals surface area contributed by atoms with Crippen molar-refractivity contribution < 1.29 is 0 Å². The van der Waals surface area contributed by atoms with Crippen molar-refractivity contribution in [3.8, 4) is 0 Å². The lowest BCUT2D eigenvalue weighted by Gasteiger charge is -2.32. The van der Waals surface area contributed by atoms with Crippen molar-refractivity contribution in [2.45, 2.75) is 11.8 Å². The van der Waals surface area contributed by atoms with Crippen LogP contribution in [0.5, 0.6) is 0 Å². The Bertz CT molecular complexity index is 579. The maximum absolute atomic E-state index is 6.42. The summed E-state index contributed by atoms with van der Waals surface area (Å²) >= 11 is 17.4. The normalized spacial score (nSPS) is 11.6. The zero-order valence-electron chi connectivity index (χ0n) is 10.8. The fraction of sp³-hybridized carbons (Fsp3) is 0.250. The van der Waals surface area contributed by atoms with Crippen molar-refractivity contribution in [1.82, 2.24) is 0 Å². The maximum atomic E-state index is 6.42. The highest BCUT2D eigenvalue weighted by Gasteiger charge is 2.32. The first-order valence-corrected chi connectivity index (χ1v) is 9.65. The largest absolute Gasteiger partial charge is 0.0918 e. The zero-order chi connectivity index (χ0) is 14.6. The summed E-state index contributed by atoms with van der Waals surface area (Å²) in [6.45, 7) is 0. The van der Waals surface area contributed by atoms with E-state index in [-0.39, 0.29) is 5.41 Å². The Labute approximate surface area is 150 Å². The zero-order valence-corrected chi connectivity index (χ0v) is 16.3. The van der Waals surface area contributed by atoms with Crippen LogP contribution >= 0.6 is 59.4 Å². The molecule has 2 rings (SSSR count). The average molecular weight is 481 g/mol. The standard InChI is InChI=1S/C16H14Br3Cl/c17-10-16(11-18,13-6-2-4-8-15(13)20)9-12-5-1-3-7-14(12)19/h1-8H,9-11H2. The molecular formula is C16H14Br3Cl. The van der Waals surface area contributed by atoms with Crippen LogP contribution in [0.1, 0.15) is 11.1 Å². The van der Waals surface area contributed by atoms with Crippen molar-refractivity contribution in [2.24, 2.45) is 0 Å². The van der Waals surface area contributed by atoms with E-state index >= 15 is 0 Å². The van der Waals surface area contributed by atoms with Crippen LogP contribution in [0.4, 0.5) is 0 Å². The first-order chi connectivity index (χ1) is 9.63. The molecule has 0 spiro atoms. The van der Waals surface area contributed by atoms with Gasteiger partial charge in [0.25, 0.3) is 0 Å². The van der Waals surface area contributed by atoms with Crippen LogP contribution in [0.3, 0.4) is 0 Å². The molecule has 0 nitrogen and oxygen atoms in total. The Morgan fingerprint density at radius 2 is 1.50 bits per heavy atom. The first kappa shape index (κ1) is 16.5. The summed E-state index contributed by atoms with van der Waals surface area (Å²) in [7, 11) is 0. The minimum atomic E-state index is -0.0672. The fourth-order valence-corrected chi connectivity index (χ4v) is 4.96. The van der Waals surface area contributed by atoms with Crippen molar-refractivity contribution >= 4 is 59.4 Å². The van der Waals surface area contributed by atoms with Gasteiger partial charge in [-0.25, -0.2) is 0 Å². The molecule has 0 N–H and O–H groups in total. The van der Waals surface area contributed by atoms with Gasteiger partial charge >= 0.3 is 0 Å². The number of alkyl halides is 2. The number of hydrogen-bond donors (Lipinski definition) is 0. The van der Waals surface area contributed by atoms with Crippen LogP contribution in [0, 0.1) is 0 Å². The van der Waals surface area contributed by atoms with E-state index in [4.69, 9.17) is 11.6 Å². The predicted octanol–water partition coefficient (Wildman–Crippen LogP) is 6.37. The van der Waals surface area contributed by atoms with Crippen molar-refractivity contribution in [3.63, 3.8) is 0 Å². The van der Waals surface area contributed by atoms with Crippen molar-refractivity contribution in [1.29, 1.82) is 0 Å². The summed E-state index contributed by atoms with van der Waals surface area (Å²) in [6, 6.07) is 16.4. The van der Waals surface area contributed by atoms with Crippen LogP contribution in [0.15, 0.2) is 53.0 Å². The smallest absolute Gasteiger partial charge is 0.0444 e. The Kier molecular flexibility index (Phi) is 6.15. The second kappa shape index (κ2) is 7.44. The Hall–Kier alpha value is 0.170. The van der Waals surface area contributed by atoms with Crippen molar-refractivity contribution in [2.75, 3.05) is 10.7 Å². The fourth-order valence-electron chi connectivity index (χ4n) is 2.27. The van der Waals surface area contributed by atoms with Crippen LogP contribution in [-0.4, -0.2) is 10.7 Å². The molecule has 2 aromatic carbocycles. The van der Waals surface area contributed by atoms with E-state index in [0.29, 0.717) is 0 Å². The van der Waals surface area contributed by atoms with E-state index in [0.717, 1.165) is 26.6 Å². The van der Waals surface area contributed by atoms with E-state index in [2.05, 4.69) is 72.1 Å². The van der Waals surface area contributed by atoms with Gasteiger partial charge in [0, 0.05) is 25.6 Å². The number of halogens is 4. The second-order valence-electron chi connectivity index (χ2n) is 4.80. The van der Waals surface area contributed by atoms with E-state index < -0.39 is 0 Å². The molecular weight excluding hydrogens is 467 g/mol. The Morgan fingerprint density at radius 3 is 2.10 bits per heavy atom. The molecule has 0 saturated heterocycles. The predicted molar refractivity (Wildman–Crippen MR) is 98.6 cm³/mol. The first-order valence-electron chi connectivity index (χ1n) is 6.23. The summed E-state index contributed by atoms with van der Waals surface area (Å²) in [5.41, 5.74) is 2.39. The van der Waals surface area contributed by atoms with E-state index in [1.807, 2.05) is 24.3 Å². The van der Waals surface area contributed by atoms with Crippen LogP contribution in [0.25, 0.3) is 0 Å². The molecule has 0 aliphatic rings. The molecule has 0 unspecified atom stereocenters. The molecule has 0 saturated carbocycles. The third-order valence-corrected chi connectivity index (χ3v) is 6.69. The lowest BCUT2D eigenvalue weighted by molar-refractivity contribution is 0.550. The minimum Gasteiger partial charge on any atom is -0.0918 e. The SMILES string of the molecule is Clc1ccccc1C(CBr)(CBr)Cc1ccccc1Br. The van der Waals surface area contributed by atoms with Gasteiger partial charge in [-0.15, -0.1) is 0 Å². The van der Waals surface area contributed by atoms with E-state index in [9.17, 15) is 0 Å². The van der Waals surface area contributed by atoms with Gasteiger partial charge in [-0.2, -0.15) is 0 Å². The molecule has 0 fully saturated rings. The van der Waals surface area contributed by atoms with Gasteiger partial charge in [-0.05, 0) is 29.7 Å². The van der Waals surface area contributed by atoms with Gasteiger partial charge in [-0.3, -0.25) is 0 Å². The van der Waals surface area contributed by atoms with Crippen LogP contribution in [-0.2, 0) is 11.8 Å². The van der Waals surface area contributed by atoms with Crippen molar-refractivity contribution in [3.05, 3.63) is 69.2 Å². The average Bonchev–Trinajstić information content (AvgIpc) is 2.48. The molecule has 106 valence electrons. The van der Waals surface area contributed by atoms with Crippen LogP contribution < -0.4 is 0 Å². The van der Waals surface area contributed by atoms with E-state index in [1.54, 1.807) is 0 Å². The molecule has 0 radical (unpaired) electrons. The lowest BCUT2D eigenvalue weighted by atomic mass is 9.79. The van der Waals surface area contributed by atoms with E-state index in [1.165, 1.54) is 11.1 Å². The molecule has 0 aromatic heterocycles. The molecule has 0 aliphatic heterocycles. The summed E-state index contributed by atoms with van der Waals surface area (Å²) in [6.07, 6.45) is 0.911. The minimum absolute atomic E-state index is 0.0672. The maximum Gasteiger partial charge on any atom is 0.0444 e. The molecule has 0 bridgehead atoms. The Balaban J connectivity index is 2.46. The molecule has 0 amide bonds. The molecule has 4 heteroatoms. The third kappa shape index (κ3) is 3.49. The van der Waals surface area contributed by atoms with Gasteiger partial charge in [0.1, 0.15) is 0 Å². The topological polar surface area (TPSA) is 0 Å². The molecule has 20 heavy (non-hydrogen) atoms. The second-order valence-corrected chi connectivity index (χ2v) is 7.18. The number of hydrogen-bond acceptors (Lipinski definition) is 0. The summed E-state index contributed by atoms with van der Waals surface area (Å²) in [4.78, 5) is 0. The summed E-state index contributed by atoms with van der Waals surface area (Å²) in [5.74, 6) is 0. The van der Waals surface area contributed by atoms with Gasteiger partial charge < -0.3 is 0 Å². The molecule has 0 aliphatic carbocycles. The van der Waals surface area contributed by atoms with Gasteiger partial charge in [-0.1, -0.05) is 95.8 Å². The summed E-state index contributed by atoms with van der Waals surface area (Å²) in [5, 5.41) is 2.51. The molecule has 0 atom stereocenters. The number of benzene rings is 2. The molecule has 0 heterocycles. The Morgan fingerprint density at radius 1 is 0.900 bits per heavy atom. The highest BCUT2D eigenvalue weighted by molar-refractivity contribution is 9.10. The van der Waals surface area contributed by atoms with Crippen LogP contribution in [0.2, 0.25) is 5.02 Å². The molecule has 2 aromatic rings. The highest BCUT2D eigenvalue weighted by Crippen LogP contribution is 2.38. The van der Waals surface area contributed by atoms with Gasteiger partial charge in [0.05, 0.1) is 0 Å². The summed E-state index contributed by atoms with van der Waals surface area (Å²) < 4.78 is 1.14. The quantitative estimate of drug-likeness (QED) is 0.435. The lowest BCUT2D eigenvalue weighted by Crippen LogP contribution is -2.33. The van der Waals surface area contributed by atoms with Gasteiger partial charge in [0.15, 0.2) is 0 Å². The number of rotatable bonds is 5. The monoisotopic (exact) mass is 478 g/mol.